The molecule has 1 heterocycles. The van der Waals surface area contributed by atoms with Crippen LogP contribution in [0.1, 0.15) is 52.2 Å². The van der Waals surface area contributed by atoms with Crippen molar-refractivity contribution in [2.45, 2.75) is 60.1 Å². The van der Waals surface area contributed by atoms with Gasteiger partial charge in [-0.15, -0.1) is 0 Å². The molecule has 22 heavy (non-hydrogen) atoms. The molecule has 0 aromatic heterocycles. The minimum absolute atomic E-state index is 0.0106. The van der Waals surface area contributed by atoms with Crippen LogP contribution >= 0.6 is 0 Å². The van der Waals surface area contributed by atoms with Gasteiger partial charge in [-0.25, -0.2) is 0 Å². The molecule has 122 valence electrons. The van der Waals surface area contributed by atoms with E-state index in [0.717, 1.165) is 23.5 Å². The van der Waals surface area contributed by atoms with Crippen LogP contribution in [-0.2, 0) is 17.8 Å². The normalized spacial score (nSPS) is 16.9. The number of rotatable bonds is 5. The molecule has 2 rings (SSSR count). The summed E-state index contributed by atoms with van der Waals surface area (Å²) < 4.78 is 11.5. The summed E-state index contributed by atoms with van der Waals surface area (Å²) in [5.74, 6) is 1.82. The molecular weight excluding hydrogens is 278 g/mol. The number of amides is 1. The van der Waals surface area contributed by atoms with Crippen molar-refractivity contribution >= 4 is 5.91 Å². The molecular formula is C18H27NO3. The molecule has 0 radical (unpaired) electrons. The van der Waals surface area contributed by atoms with E-state index in [4.69, 9.17) is 9.47 Å². The third kappa shape index (κ3) is 4.39. The Hall–Kier alpha value is -1.71. The van der Waals surface area contributed by atoms with Crippen molar-refractivity contribution in [3.05, 3.63) is 23.3 Å². The lowest BCUT2D eigenvalue weighted by Gasteiger charge is -2.18. The Morgan fingerprint density at radius 1 is 1.41 bits per heavy atom. The monoisotopic (exact) mass is 305 g/mol. The number of ether oxygens (including phenoxy) is 2. The number of nitrogens with one attached hydrogen (secondary N) is 1. The second-order valence-corrected chi connectivity index (χ2v) is 7.15. The molecule has 1 aliphatic heterocycles. The Kier molecular flexibility index (Phi) is 4.99. The third-order valence-corrected chi connectivity index (χ3v) is 3.55. The zero-order valence-corrected chi connectivity index (χ0v) is 14.3. The standard InChI is InChI=1S/C18H27NO3/c1-6-21-15-8-13-7-12(2)22-16(13)9-14(15)11-19-17(20)10-18(3,4)5/h8-9,12H,6-7,10-11H2,1-5H3,(H,19,20). The Bertz CT molecular complexity index is 546. The molecule has 1 aromatic rings. The van der Waals surface area contributed by atoms with E-state index in [2.05, 4.69) is 33.0 Å². The first-order chi connectivity index (χ1) is 10.3. The molecule has 1 aliphatic rings. The van der Waals surface area contributed by atoms with Gasteiger partial charge in [-0.3, -0.25) is 4.79 Å². The van der Waals surface area contributed by atoms with Crippen molar-refractivity contribution in [2.24, 2.45) is 5.41 Å². The van der Waals surface area contributed by atoms with E-state index >= 15 is 0 Å². The molecule has 4 nitrogen and oxygen atoms in total. The summed E-state index contributed by atoms with van der Waals surface area (Å²) in [6.45, 7) is 11.3. The summed E-state index contributed by atoms with van der Waals surface area (Å²) in [6, 6.07) is 4.05. The highest BCUT2D eigenvalue weighted by Gasteiger charge is 2.22. The third-order valence-electron chi connectivity index (χ3n) is 3.55. The maximum atomic E-state index is 12.0. The summed E-state index contributed by atoms with van der Waals surface area (Å²) in [6.07, 6.45) is 1.62. The van der Waals surface area contributed by atoms with Gasteiger partial charge in [0.15, 0.2) is 0 Å². The van der Waals surface area contributed by atoms with Crippen LogP contribution in [0, 0.1) is 5.41 Å². The zero-order valence-electron chi connectivity index (χ0n) is 14.3. The number of hydrogen-bond acceptors (Lipinski definition) is 3. The second-order valence-electron chi connectivity index (χ2n) is 7.15. The van der Waals surface area contributed by atoms with Gasteiger partial charge in [-0.1, -0.05) is 20.8 Å². The number of carbonyl (C=O) groups is 1. The van der Waals surface area contributed by atoms with Crippen molar-refractivity contribution in [3.63, 3.8) is 0 Å². The zero-order chi connectivity index (χ0) is 16.3. The highest BCUT2D eigenvalue weighted by atomic mass is 16.5. The van der Waals surface area contributed by atoms with Crippen LogP contribution in [0.4, 0.5) is 0 Å². The summed E-state index contributed by atoms with van der Waals surface area (Å²) in [5, 5.41) is 2.98. The molecule has 0 saturated heterocycles. The van der Waals surface area contributed by atoms with Crippen molar-refractivity contribution in [1.29, 1.82) is 0 Å². The van der Waals surface area contributed by atoms with Crippen molar-refractivity contribution in [3.8, 4) is 11.5 Å². The van der Waals surface area contributed by atoms with Crippen LogP contribution in [0.25, 0.3) is 0 Å². The average Bonchev–Trinajstić information content (AvgIpc) is 2.73. The Labute approximate surface area is 133 Å². The lowest BCUT2D eigenvalue weighted by atomic mass is 9.92. The van der Waals surface area contributed by atoms with Crippen molar-refractivity contribution in [2.75, 3.05) is 6.61 Å². The lowest BCUT2D eigenvalue weighted by Crippen LogP contribution is -2.27. The van der Waals surface area contributed by atoms with Crippen LogP contribution in [0.5, 0.6) is 11.5 Å². The van der Waals surface area contributed by atoms with Crippen LogP contribution in [0.15, 0.2) is 12.1 Å². The Morgan fingerprint density at radius 3 is 2.77 bits per heavy atom. The second kappa shape index (κ2) is 6.59. The van der Waals surface area contributed by atoms with Gasteiger partial charge in [-0.05, 0) is 31.4 Å². The van der Waals surface area contributed by atoms with Gasteiger partial charge in [0.25, 0.3) is 0 Å². The maximum absolute atomic E-state index is 12.0. The van der Waals surface area contributed by atoms with Crippen LogP contribution in [0.3, 0.4) is 0 Å². The van der Waals surface area contributed by atoms with E-state index in [1.54, 1.807) is 0 Å². The van der Waals surface area contributed by atoms with Gasteiger partial charge >= 0.3 is 0 Å². The minimum Gasteiger partial charge on any atom is -0.494 e. The fourth-order valence-electron chi connectivity index (χ4n) is 2.65. The van der Waals surface area contributed by atoms with E-state index in [9.17, 15) is 4.79 Å². The van der Waals surface area contributed by atoms with E-state index in [1.807, 2.05) is 19.1 Å². The largest absolute Gasteiger partial charge is 0.494 e. The molecule has 1 amide bonds. The molecule has 1 atom stereocenters. The molecule has 4 heteroatoms. The summed E-state index contributed by atoms with van der Waals surface area (Å²) in [7, 11) is 0. The van der Waals surface area contributed by atoms with Crippen LogP contribution in [-0.4, -0.2) is 18.6 Å². The number of hydrogen-bond donors (Lipinski definition) is 1. The molecule has 0 saturated carbocycles. The molecule has 0 bridgehead atoms. The Balaban J connectivity index is 2.09. The van der Waals surface area contributed by atoms with E-state index in [-0.39, 0.29) is 17.4 Å². The van der Waals surface area contributed by atoms with Gasteiger partial charge in [0.05, 0.1) is 6.61 Å². The van der Waals surface area contributed by atoms with E-state index < -0.39 is 0 Å². The van der Waals surface area contributed by atoms with Gasteiger partial charge in [0.1, 0.15) is 17.6 Å². The van der Waals surface area contributed by atoms with Gasteiger partial charge < -0.3 is 14.8 Å². The first-order valence-electron chi connectivity index (χ1n) is 8.00. The van der Waals surface area contributed by atoms with Crippen molar-refractivity contribution < 1.29 is 14.3 Å². The highest BCUT2D eigenvalue weighted by molar-refractivity contribution is 5.76. The number of carbonyl (C=O) groups excluding carboxylic acids is 1. The van der Waals surface area contributed by atoms with Crippen molar-refractivity contribution in [1.82, 2.24) is 5.32 Å². The highest BCUT2D eigenvalue weighted by Crippen LogP contribution is 2.35. The van der Waals surface area contributed by atoms with Crippen LogP contribution in [0.2, 0.25) is 0 Å². The summed E-state index contributed by atoms with van der Waals surface area (Å²) in [5.41, 5.74) is 2.14. The quantitative estimate of drug-likeness (QED) is 0.906. The molecule has 1 N–H and O–H groups in total. The molecule has 1 aromatic carbocycles. The SMILES string of the molecule is CCOc1cc2c(cc1CNC(=O)CC(C)(C)C)OC(C)C2. The van der Waals surface area contributed by atoms with E-state index in [0.29, 0.717) is 19.6 Å². The predicted molar refractivity (Wildman–Crippen MR) is 87.3 cm³/mol. The minimum atomic E-state index is -0.0106. The first-order valence-corrected chi connectivity index (χ1v) is 8.00. The van der Waals surface area contributed by atoms with Gasteiger partial charge in [0, 0.05) is 30.5 Å². The number of benzene rings is 1. The Morgan fingerprint density at radius 2 is 2.14 bits per heavy atom. The topological polar surface area (TPSA) is 47.6 Å². The molecule has 0 aliphatic carbocycles. The van der Waals surface area contributed by atoms with Gasteiger partial charge in [0.2, 0.25) is 5.91 Å². The molecule has 0 spiro atoms. The van der Waals surface area contributed by atoms with Crippen LogP contribution < -0.4 is 14.8 Å². The average molecular weight is 305 g/mol. The summed E-state index contributed by atoms with van der Waals surface area (Å²) in [4.78, 5) is 12.0. The van der Waals surface area contributed by atoms with E-state index in [1.165, 1.54) is 5.56 Å². The fourth-order valence-corrected chi connectivity index (χ4v) is 2.65. The van der Waals surface area contributed by atoms with Gasteiger partial charge in [-0.2, -0.15) is 0 Å². The molecule has 0 fully saturated rings. The molecule has 1 unspecified atom stereocenters. The fraction of sp³-hybridized carbons (Fsp3) is 0.611. The first kappa shape index (κ1) is 16.7. The number of fused-ring (bicyclic) bond motifs is 1. The summed E-state index contributed by atoms with van der Waals surface area (Å²) >= 11 is 0. The smallest absolute Gasteiger partial charge is 0.220 e. The predicted octanol–water partition coefficient (Wildman–Crippen LogP) is 3.46. The lowest BCUT2D eigenvalue weighted by molar-refractivity contribution is -0.122. The maximum Gasteiger partial charge on any atom is 0.220 e.